The van der Waals surface area contributed by atoms with Crippen LogP contribution in [0, 0.1) is 10.5 Å². The second-order valence-corrected chi connectivity index (χ2v) is 5.91. The summed E-state index contributed by atoms with van der Waals surface area (Å²) in [6.45, 7) is 2.19. The van der Waals surface area contributed by atoms with E-state index in [-0.39, 0.29) is 0 Å². The quantitative estimate of drug-likeness (QED) is 0.512. The molecule has 0 unspecified atom stereocenters. The van der Waals surface area contributed by atoms with E-state index in [4.69, 9.17) is 0 Å². The van der Waals surface area contributed by atoms with Crippen LogP contribution in [0.4, 0.5) is 0 Å². The first-order chi connectivity index (χ1) is 7.27. The van der Waals surface area contributed by atoms with Crippen molar-refractivity contribution >= 4 is 54.1 Å². The Morgan fingerprint density at radius 2 is 1.60 bits per heavy atom. The van der Waals surface area contributed by atoms with Crippen LogP contribution in [-0.2, 0) is 0 Å². The standard InChI is InChI=1S/C13H9IS/c1-8-4-2-6-10-12(8)13-9(14)5-3-7-11(13)15-10/h2-7H,1H3. The third-order valence-corrected chi connectivity index (χ3v) is 4.70. The third kappa shape index (κ3) is 1.39. The second kappa shape index (κ2) is 3.46. The molecule has 0 amide bonds. The first-order valence-electron chi connectivity index (χ1n) is 4.84. The molecule has 0 fully saturated rings. The highest BCUT2D eigenvalue weighted by atomic mass is 127. The number of thiophene rings is 1. The van der Waals surface area contributed by atoms with Crippen molar-refractivity contribution < 1.29 is 0 Å². The predicted molar refractivity (Wildman–Crippen MR) is 76.8 cm³/mol. The minimum Gasteiger partial charge on any atom is -0.135 e. The van der Waals surface area contributed by atoms with E-state index < -0.39 is 0 Å². The summed E-state index contributed by atoms with van der Waals surface area (Å²) in [6, 6.07) is 13.1. The van der Waals surface area contributed by atoms with Gasteiger partial charge in [-0.05, 0) is 53.3 Å². The molecule has 15 heavy (non-hydrogen) atoms. The first-order valence-corrected chi connectivity index (χ1v) is 6.73. The highest BCUT2D eigenvalue weighted by molar-refractivity contribution is 14.1. The maximum atomic E-state index is 2.43. The minimum absolute atomic E-state index is 1.35. The zero-order chi connectivity index (χ0) is 10.4. The highest BCUT2D eigenvalue weighted by Gasteiger charge is 2.08. The number of aryl methyl sites for hydroxylation is 1. The van der Waals surface area contributed by atoms with Crippen molar-refractivity contribution in [1.29, 1.82) is 0 Å². The third-order valence-electron chi connectivity index (χ3n) is 2.68. The summed E-state index contributed by atoms with van der Waals surface area (Å²) in [4.78, 5) is 0. The molecular formula is C13H9IS. The number of rotatable bonds is 0. The molecule has 0 N–H and O–H groups in total. The van der Waals surface area contributed by atoms with Gasteiger partial charge in [-0.1, -0.05) is 18.2 Å². The Kier molecular flexibility index (Phi) is 2.21. The Labute approximate surface area is 106 Å². The van der Waals surface area contributed by atoms with Gasteiger partial charge in [0.1, 0.15) is 0 Å². The van der Waals surface area contributed by atoms with Crippen molar-refractivity contribution in [2.75, 3.05) is 0 Å². The monoisotopic (exact) mass is 324 g/mol. The molecule has 0 saturated carbocycles. The van der Waals surface area contributed by atoms with E-state index in [0.717, 1.165) is 0 Å². The van der Waals surface area contributed by atoms with Crippen LogP contribution in [0.5, 0.6) is 0 Å². The molecule has 3 aromatic rings. The van der Waals surface area contributed by atoms with E-state index in [1.807, 2.05) is 11.3 Å². The van der Waals surface area contributed by atoms with E-state index in [0.29, 0.717) is 0 Å². The lowest BCUT2D eigenvalue weighted by atomic mass is 10.1. The fraction of sp³-hybridized carbons (Fsp3) is 0.0769. The number of hydrogen-bond donors (Lipinski definition) is 0. The van der Waals surface area contributed by atoms with Gasteiger partial charge >= 0.3 is 0 Å². The van der Waals surface area contributed by atoms with Crippen LogP contribution in [0.25, 0.3) is 20.2 Å². The van der Waals surface area contributed by atoms with E-state index in [1.54, 1.807) is 0 Å². The predicted octanol–water partition coefficient (Wildman–Crippen LogP) is 4.97. The lowest BCUT2D eigenvalue weighted by Gasteiger charge is -1.98. The van der Waals surface area contributed by atoms with Gasteiger partial charge in [0.25, 0.3) is 0 Å². The SMILES string of the molecule is Cc1cccc2sc3cccc(I)c3c12. The Hall–Kier alpha value is -0.610. The molecule has 0 nitrogen and oxygen atoms in total. The average molecular weight is 324 g/mol. The summed E-state index contributed by atoms with van der Waals surface area (Å²) in [6.07, 6.45) is 0. The number of halogens is 1. The maximum Gasteiger partial charge on any atom is 0.0366 e. The van der Waals surface area contributed by atoms with Crippen LogP contribution in [0.15, 0.2) is 36.4 Å². The molecule has 0 aliphatic carbocycles. The van der Waals surface area contributed by atoms with Crippen molar-refractivity contribution in [2.24, 2.45) is 0 Å². The molecule has 0 aliphatic heterocycles. The smallest absolute Gasteiger partial charge is 0.0366 e. The molecule has 74 valence electrons. The lowest BCUT2D eigenvalue weighted by molar-refractivity contribution is 1.55. The number of fused-ring (bicyclic) bond motifs is 3. The zero-order valence-corrected chi connectivity index (χ0v) is 11.2. The molecule has 0 saturated heterocycles. The van der Waals surface area contributed by atoms with Crippen LogP contribution < -0.4 is 0 Å². The van der Waals surface area contributed by atoms with Crippen molar-refractivity contribution in [3.63, 3.8) is 0 Å². The van der Waals surface area contributed by atoms with Crippen LogP contribution >= 0.6 is 33.9 Å². The Bertz CT molecular complexity index is 596. The van der Waals surface area contributed by atoms with Crippen molar-refractivity contribution in [3.05, 3.63) is 45.5 Å². The molecular weight excluding hydrogens is 315 g/mol. The summed E-state index contributed by atoms with van der Waals surface area (Å²) in [7, 11) is 0. The molecule has 2 aromatic carbocycles. The minimum atomic E-state index is 1.35. The van der Waals surface area contributed by atoms with Gasteiger partial charge in [-0.15, -0.1) is 11.3 Å². The lowest BCUT2D eigenvalue weighted by Crippen LogP contribution is -1.76. The maximum absolute atomic E-state index is 2.43. The zero-order valence-electron chi connectivity index (χ0n) is 8.25. The first kappa shape index (κ1) is 9.60. The second-order valence-electron chi connectivity index (χ2n) is 3.66. The summed E-state index contributed by atoms with van der Waals surface area (Å²) in [5, 5.41) is 2.86. The van der Waals surface area contributed by atoms with Crippen LogP contribution in [0.1, 0.15) is 5.56 Å². The van der Waals surface area contributed by atoms with Gasteiger partial charge < -0.3 is 0 Å². The fourth-order valence-electron chi connectivity index (χ4n) is 2.00. The Morgan fingerprint density at radius 3 is 2.40 bits per heavy atom. The molecule has 0 radical (unpaired) electrons. The largest absolute Gasteiger partial charge is 0.135 e. The number of benzene rings is 2. The van der Waals surface area contributed by atoms with Crippen LogP contribution in [0.2, 0.25) is 0 Å². The molecule has 3 rings (SSSR count). The molecule has 0 bridgehead atoms. The van der Waals surface area contributed by atoms with E-state index in [1.165, 1.54) is 29.3 Å². The van der Waals surface area contributed by atoms with Gasteiger partial charge in [-0.25, -0.2) is 0 Å². The van der Waals surface area contributed by atoms with Gasteiger partial charge in [0, 0.05) is 23.7 Å². The van der Waals surface area contributed by atoms with Gasteiger partial charge in [-0.3, -0.25) is 0 Å². The van der Waals surface area contributed by atoms with E-state index in [9.17, 15) is 0 Å². The normalized spacial score (nSPS) is 11.3. The van der Waals surface area contributed by atoms with Crippen LogP contribution in [-0.4, -0.2) is 0 Å². The van der Waals surface area contributed by atoms with Crippen molar-refractivity contribution in [3.8, 4) is 0 Å². The highest BCUT2D eigenvalue weighted by Crippen LogP contribution is 2.37. The fourth-order valence-corrected chi connectivity index (χ4v) is 4.16. The molecule has 1 heterocycles. The van der Waals surface area contributed by atoms with E-state index >= 15 is 0 Å². The molecule has 0 aliphatic rings. The summed E-state index contributed by atoms with van der Waals surface area (Å²) < 4.78 is 4.14. The molecule has 0 spiro atoms. The number of hydrogen-bond acceptors (Lipinski definition) is 1. The Morgan fingerprint density at radius 1 is 0.933 bits per heavy atom. The molecule has 0 atom stereocenters. The van der Waals surface area contributed by atoms with Crippen molar-refractivity contribution in [2.45, 2.75) is 6.92 Å². The molecule has 1 aromatic heterocycles. The van der Waals surface area contributed by atoms with Crippen molar-refractivity contribution in [1.82, 2.24) is 0 Å². The van der Waals surface area contributed by atoms with E-state index in [2.05, 4.69) is 65.9 Å². The average Bonchev–Trinajstić information content (AvgIpc) is 2.58. The van der Waals surface area contributed by atoms with Gasteiger partial charge in [0.2, 0.25) is 0 Å². The molecule has 2 heteroatoms. The summed E-state index contributed by atoms with van der Waals surface area (Å²) >= 11 is 4.31. The topological polar surface area (TPSA) is 0 Å². The van der Waals surface area contributed by atoms with Gasteiger partial charge in [0.05, 0.1) is 0 Å². The van der Waals surface area contributed by atoms with Crippen LogP contribution in [0.3, 0.4) is 0 Å². The summed E-state index contributed by atoms with van der Waals surface area (Å²) in [5.74, 6) is 0. The van der Waals surface area contributed by atoms with Gasteiger partial charge in [0.15, 0.2) is 0 Å². The summed E-state index contributed by atoms with van der Waals surface area (Å²) in [5.41, 5.74) is 1.38. The van der Waals surface area contributed by atoms with Gasteiger partial charge in [-0.2, -0.15) is 0 Å². The Balaban J connectivity index is 2.67.